The normalized spacial score (nSPS) is 21.0. The van der Waals surface area contributed by atoms with E-state index in [1.165, 1.54) is 16.8 Å². The summed E-state index contributed by atoms with van der Waals surface area (Å²) in [4.78, 5) is 27.5. The lowest BCUT2D eigenvalue weighted by Gasteiger charge is -2.42. The van der Waals surface area contributed by atoms with Gasteiger partial charge in [0.05, 0.1) is 19.8 Å². The number of nitrogens with one attached hydrogen (secondary N) is 1. The molecular formula is C37H44N2O6Si. The van der Waals surface area contributed by atoms with Gasteiger partial charge in [-0.15, -0.1) is 0 Å². The Balaban J connectivity index is 1.46. The van der Waals surface area contributed by atoms with Crippen LogP contribution in [0.25, 0.3) is 0 Å². The quantitative estimate of drug-likeness (QED) is 0.155. The molecular weight excluding hydrogens is 597 g/mol. The molecule has 9 heteroatoms. The van der Waals surface area contributed by atoms with E-state index < -0.39 is 42.9 Å². The predicted molar refractivity (Wildman–Crippen MR) is 181 cm³/mol. The Labute approximate surface area is 271 Å². The largest absolute Gasteiger partial charge is 0.497 e. The lowest BCUT2D eigenvalue weighted by molar-refractivity contribution is -0.0937. The van der Waals surface area contributed by atoms with Gasteiger partial charge in [-0.25, -0.2) is 4.79 Å². The fourth-order valence-electron chi connectivity index (χ4n) is 6.46. The molecule has 2 aliphatic rings. The standard InChI is InChI=1S/C37H44N2O6Si/c1-35(2,3)46(5,6)45-32-30(44-33(36(32)22-23-36)39-24-21-31(40)38-34(39)41)25-43-37(26-13-9-7-10-14-26,27-15-11-8-12-16-27)28-17-19-29(42-4)20-18-28/h7-21,24,30,32-33H,22-23,25H2,1-6H3,(H,38,40,41)/t30-,32-,33-/m1/s1. The molecule has 1 aliphatic carbocycles. The Hall–Kier alpha value is -3.76. The summed E-state index contributed by atoms with van der Waals surface area (Å²) >= 11 is 0. The Morgan fingerprint density at radius 1 is 0.870 bits per heavy atom. The van der Waals surface area contributed by atoms with Gasteiger partial charge in [0.25, 0.3) is 5.56 Å². The van der Waals surface area contributed by atoms with Crippen LogP contribution in [0.2, 0.25) is 18.1 Å². The van der Waals surface area contributed by atoms with Crippen molar-refractivity contribution >= 4 is 8.32 Å². The van der Waals surface area contributed by atoms with Gasteiger partial charge in [0.2, 0.25) is 0 Å². The molecule has 1 saturated carbocycles. The van der Waals surface area contributed by atoms with Crippen molar-refractivity contribution in [3.8, 4) is 5.75 Å². The van der Waals surface area contributed by atoms with Crippen LogP contribution in [0.4, 0.5) is 0 Å². The minimum absolute atomic E-state index is 0.0394. The van der Waals surface area contributed by atoms with Crippen LogP contribution in [0, 0.1) is 5.41 Å². The minimum Gasteiger partial charge on any atom is -0.497 e. The van der Waals surface area contributed by atoms with Crippen LogP contribution >= 0.6 is 0 Å². The van der Waals surface area contributed by atoms with E-state index in [4.69, 9.17) is 18.6 Å². The summed E-state index contributed by atoms with van der Waals surface area (Å²) in [5.41, 5.74) is 0.573. The molecule has 46 heavy (non-hydrogen) atoms. The number of aromatic amines is 1. The molecule has 2 fully saturated rings. The van der Waals surface area contributed by atoms with Crippen molar-refractivity contribution in [3.63, 3.8) is 0 Å². The Bertz CT molecular complexity index is 1720. The van der Waals surface area contributed by atoms with E-state index in [1.807, 2.05) is 60.7 Å². The highest BCUT2D eigenvalue weighted by Crippen LogP contribution is 2.64. The van der Waals surface area contributed by atoms with E-state index in [9.17, 15) is 9.59 Å². The molecule has 1 aromatic heterocycles. The third-order valence-corrected chi connectivity index (χ3v) is 14.6. The van der Waals surface area contributed by atoms with E-state index in [0.29, 0.717) is 0 Å². The number of benzene rings is 3. The summed E-state index contributed by atoms with van der Waals surface area (Å²) in [6.45, 7) is 11.4. The average molecular weight is 641 g/mol. The molecule has 1 N–H and O–H groups in total. The molecule has 3 atom stereocenters. The Morgan fingerprint density at radius 3 is 1.93 bits per heavy atom. The molecule has 0 radical (unpaired) electrons. The Morgan fingerprint density at radius 2 is 1.43 bits per heavy atom. The van der Waals surface area contributed by atoms with Gasteiger partial charge in [-0.05, 0) is 59.8 Å². The van der Waals surface area contributed by atoms with Crippen LogP contribution in [0.15, 0.2) is 107 Å². The number of rotatable bonds is 10. The zero-order chi connectivity index (χ0) is 32.7. The van der Waals surface area contributed by atoms with Gasteiger partial charge in [-0.3, -0.25) is 14.3 Å². The molecule has 1 aliphatic heterocycles. The summed E-state index contributed by atoms with van der Waals surface area (Å²) in [6.07, 6.45) is 1.85. The third kappa shape index (κ3) is 5.70. The second-order valence-corrected chi connectivity index (χ2v) is 18.8. The first-order chi connectivity index (χ1) is 21.9. The van der Waals surface area contributed by atoms with Crippen LogP contribution in [0.3, 0.4) is 0 Å². The van der Waals surface area contributed by atoms with Gasteiger partial charge in [-0.2, -0.15) is 0 Å². The van der Waals surface area contributed by atoms with E-state index in [2.05, 4.69) is 63.1 Å². The first-order valence-electron chi connectivity index (χ1n) is 16.0. The molecule has 1 spiro atoms. The van der Waals surface area contributed by atoms with Crippen LogP contribution in [-0.4, -0.2) is 43.8 Å². The number of hydrogen-bond donors (Lipinski definition) is 1. The molecule has 242 valence electrons. The van der Waals surface area contributed by atoms with Crippen LogP contribution in [0.1, 0.15) is 56.5 Å². The minimum atomic E-state index is -2.29. The number of nitrogens with zero attached hydrogens (tertiary/aromatic N) is 1. The molecule has 0 bridgehead atoms. The summed E-state index contributed by atoms with van der Waals surface area (Å²) in [7, 11) is -0.628. The summed E-state index contributed by atoms with van der Waals surface area (Å²) in [6, 6.07) is 29.8. The van der Waals surface area contributed by atoms with E-state index >= 15 is 0 Å². The topological polar surface area (TPSA) is 91.8 Å². The van der Waals surface area contributed by atoms with Crippen molar-refractivity contribution in [3.05, 3.63) is 135 Å². The van der Waals surface area contributed by atoms with Crippen molar-refractivity contribution in [1.29, 1.82) is 0 Å². The first kappa shape index (κ1) is 32.2. The molecule has 1 saturated heterocycles. The highest BCUT2D eigenvalue weighted by atomic mass is 28.4. The lowest BCUT2D eigenvalue weighted by atomic mass is 9.80. The molecule has 0 unspecified atom stereocenters. The molecule has 6 rings (SSSR count). The maximum Gasteiger partial charge on any atom is 0.330 e. The Kier molecular flexibility index (Phi) is 8.48. The van der Waals surface area contributed by atoms with Crippen molar-refractivity contribution in [2.45, 2.75) is 75.8 Å². The van der Waals surface area contributed by atoms with E-state index in [-0.39, 0.29) is 17.7 Å². The smallest absolute Gasteiger partial charge is 0.330 e. The van der Waals surface area contributed by atoms with Crippen molar-refractivity contribution in [1.82, 2.24) is 9.55 Å². The molecule has 0 amide bonds. The lowest BCUT2D eigenvalue weighted by Crippen LogP contribution is -2.49. The number of methoxy groups -OCH3 is 1. The van der Waals surface area contributed by atoms with Gasteiger partial charge >= 0.3 is 5.69 Å². The monoisotopic (exact) mass is 640 g/mol. The SMILES string of the molecule is COc1ccc(C(OC[C@H]2O[C@@H](n3ccc(=O)[nH]c3=O)C3(CC3)[C@@H]2O[Si](C)(C)C(C)(C)C)(c2ccccc2)c2ccccc2)cc1. The van der Waals surface area contributed by atoms with Crippen LogP contribution in [0.5, 0.6) is 5.75 Å². The van der Waals surface area contributed by atoms with E-state index in [0.717, 1.165) is 35.3 Å². The number of aromatic nitrogens is 2. The number of ether oxygens (including phenoxy) is 3. The maximum absolute atomic E-state index is 13.1. The van der Waals surface area contributed by atoms with Crippen LogP contribution < -0.4 is 16.0 Å². The highest BCUT2D eigenvalue weighted by Gasteiger charge is 2.66. The van der Waals surface area contributed by atoms with Crippen molar-refractivity contribution in [2.24, 2.45) is 5.41 Å². The molecule has 3 aromatic carbocycles. The molecule has 8 nitrogen and oxygen atoms in total. The van der Waals surface area contributed by atoms with Gasteiger partial charge < -0.3 is 18.6 Å². The predicted octanol–water partition coefficient (Wildman–Crippen LogP) is 6.62. The molecule has 4 aromatic rings. The van der Waals surface area contributed by atoms with Crippen LogP contribution in [-0.2, 0) is 19.5 Å². The van der Waals surface area contributed by atoms with Crippen molar-refractivity contribution < 1.29 is 18.6 Å². The number of hydrogen-bond acceptors (Lipinski definition) is 6. The zero-order valence-corrected chi connectivity index (χ0v) is 28.5. The zero-order valence-electron chi connectivity index (χ0n) is 27.5. The first-order valence-corrected chi connectivity index (χ1v) is 18.9. The second kappa shape index (κ2) is 12.1. The average Bonchev–Trinajstić information content (AvgIpc) is 3.79. The summed E-state index contributed by atoms with van der Waals surface area (Å²) in [5.74, 6) is 0.755. The molecule has 2 heterocycles. The highest BCUT2D eigenvalue weighted by molar-refractivity contribution is 6.74. The number of H-pyrrole nitrogens is 1. The summed E-state index contributed by atoms with van der Waals surface area (Å²) in [5, 5.41) is -0.0394. The third-order valence-electron chi connectivity index (χ3n) is 10.2. The fraction of sp³-hybridized carbons (Fsp3) is 0.405. The van der Waals surface area contributed by atoms with Gasteiger partial charge in [-0.1, -0.05) is 93.6 Å². The maximum atomic E-state index is 13.1. The van der Waals surface area contributed by atoms with Crippen molar-refractivity contribution in [2.75, 3.05) is 13.7 Å². The summed E-state index contributed by atoms with van der Waals surface area (Å²) < 4.78 is 28.3. The fourth-order valence-corrected chi connectivity index (χ4v) is 7.83. The second-order valence-electron chi connectivity index (χ2n) is 14.0. The van der Waals surface area contributed by atoms with Gasteiger partial charge in [0.1, 0.15) is 23.7 Å². The van der Waals surface area contributed by atoms with Gasteiger partial charge in [0.15, 0.2) is 8.32 Å². The van der Waals surface area contributed by atoms with Gasteiger partial charge in [0, 0.05) is 17.7 Å². The van der Waals surface area contributed by atoms with E-state index in [1.54, 1.807) is 7.11 Å².